The van der Waals surface area contributed by atoms with E-state index >= 15 is 0 Å². The normalized spacial score (nSPS) is 16.9. The molecule has 1 N–H and O–H groups in total. The topological polar surface area (TPSA) is 76.1 Å². The maximum atomic E-state index is 13.5. The number of aliphatic hydroxyl groups excluding tert-OH is 1. The van der Waals surface area contributed by atoms with E-state index in [1.54, 1.807) is 31.4 Å². The van der Waals surface area contributed by atoms with Crippen molar-refractivity contribution in [2.75, 3.05) is 18.6 Å². The summed E-state index contributed by atoms with van der Waals surface area (Å²) in [5, 5.41) is 11.6. The van der Waals surface area contributed by atoms with Gasteiger partial charge in [-0.25, -0.2) is 0 Å². The van der Waals surface area contributed by atoms with E-state index < -0.39 is 17.7 Å². The fraction of sp³-hybridized carbons (Fsp3) is 0.290. The molecule has 1 saturated heterocycles. The second-order valence-corrected chi connectivity index (χ2v) is 9.57. The molecule has 6 nitrogen and oxygen atoms in total. The van der Waals surface area contributed by atoms with Gasteiger partial charge in [0.15, 0.2) is 0 Å². The van der Waals surface area contributed by atoms with Gasteiger partial charge in [0.25, 0.3) is 11.7 Å². The van der Waals surface area contributed by atoms with Crippen molar-refractivity contribution in [1.82, 2.24) is 0 Å². The number of rotatable bonds is 7. The first kappa shape index (κ1) is 26.0. The van der Waals surface area contributed by atoms with Crippen LogP contribution in [0, 0.1) is 13.8 Å². The Morgan fingerprint density at radius 1 is 1.00 bits per heavy atom. The van der Waals surface area contributed by atoms with Crippen molar-refractivity contribution in [2.24, 2.45) is 0 Å². The molecular weight excluding hydrogens is 466 g/mol. The molecule has 6 heteroatoms. The molecule has 192 valence electrons. The van der Waals surface area contributed by atoms with Gasteiger partial charge in [-0.1, -0.05) is 43.7 Å². The molecule has 1 aliphatic heterocycles. The van der Waals surface area contributed by atoms with Crippen LogP contribution in [0.2, 0.25) is 0 Å². The molecule has 0 spiro atoms. The summed E-state index contributed by atoms with van der Waals surface area (Å²) in [6.45, 7) is 10.4. The van der Waals surface area contributed by atoms with E-state index in [0.29, 0.717) is 29.2 Å². The maximum Gasteiger partial charge on any atom is 0.300 e. The Balaban J connectivity index is 1.94. The number of aliphatic hydroxyl groups is 1. The summed E-state index contributed by atoms with van der Waals surface area (Å²) in [6, 6.07) is 17.5. The highest BCUT2D eigenvalue weighted by Gasteiger charge is 2.47. The van der Waals surface area contributed by atoms with Gasteiger partial charge < -0.3 is 14.6 Å². The highest BCUT2D eigenvalue weighted by Crippen LogP contribution is 2.44. The molecule has 4 rings (SSSR count). The van der Waals surface area contributed by atoms with Crippen LogP contribution in [0.25, 0.3) is 5.76 Å². The van der Waals surface area contributed by atoms with Crippen LogP contribution in [0.15, 0.2) is 66.2 Å². The molecule has 0 radical (unpaired) electrons. The van der Waals surface area contributed by atoms with Crippen LogP contribution < -0.4 is 14.4 Å². The van der Waals surface area contributed by atoms with Gasteiger partial charge in [0.1, 0.15) is 17.3 Å². The van der Waals surface area contributed by atoms with Gasteiger partial charge in [0.2, 0.25) is 0 Å². The molecule has 0 aliphatic carbocycles. The summed E-state index contributed by atoms with van der Waals surface area (Å²) >= 11 is 0. The first-order chi connectivity index (χ1) is 17.7. The number of anilines is 1. The van der Waals surface area contributed by atoms with Crippen LogP contribution in [-0.4, -0.2) is 30.5 Å². The Bertz CT molecular complexity index is 1370. The maximum absolute atomic E-state index is 13.5. The van der Waals surface area contributed by atoms with Crippen molar-refractivity contribution in [3.63, 3.8) is 0 Å². The first-order valence-electron chi connectivity index (χ1n) is 12.5. The number of nitrogens with zero attached hydrogens (tertiary/aromatic N) is 1. The minimum Gasteiger partial charge on any atom is -0.507 e. The number of carbonyl (C=O) groups is 2. The third-order valence-electron chi connectivity index (χ3n) is 6.69. The third-order valence-corrected chi connectivity index (χ3v) is 6.69. The van der Waals surface area contributed by atoms with E-state index in [-0.39, 0.29) is 17.3 Å². The molecule has 1 unspecified atom stereocenters. The molecule has 1 amide bonds. The number of benzene rings is 3. The van der Waals surface area contributed by atoms with E-state index in [9.17, 15) is 14.7 Å². The Morgan fingerprint density at radius 3 is 2.30 bits per heavy atom. The Hall–Kier alpha value is -4.06. The number of Topliss-reactive ketones (excluding diaryl/α,β-unsaturated/α-hetero) is 1. The predicted octanol–water partition coefficient (Wildman–Crippen LogP) is 6.46. The van der Waals surface area contributed by atoms with E-state index in [4.69, 9.17) is 9.47 Å². The fourth-order valence-electron chi connectivity index (χ4n) is 4.85. The van der Waals surface area contributed by atoms with Gasteiger partial charge in [-0.3, -0.25) is 14.5 Å². The number of ketones is 1. The lowest BCUT2D eigenvalue weighted by atomic mass is 9.93. The van der Waals surface area contributed by atoms with Crippen molar-refractivity contribution in [3.8, 4) is 11.5 Å². The average Bonchev–Trinajstić information content (AvgIpc) is 3.14. The Labute approximate surface area is 218 Å². The van der Waals surface area contributed by atoms with E-state index in [2.05, 4.69) is 0 Å². The van der Waals surface area contributed by atoms with Gasteiger partial charge in [0, 0.05) is 11.3 Å². The van der Waals surface area contributed by atoms with Crippen molar-refractivity contribution in [1.29, 1.82) is 0 Å². The molecule has 3 aromatic rings. The summed E-state index contributed by atoms with van der Waals surface area (Å²) in [5.41, 5.74) is 4.66. The van der Waals surface area contributed by atoms with Crippen LogP contribution in [0.3, 0.4) is 0 Å². The molecule has 1 aliphatic rings. The fourth-order valence-corrected chi connectivity index (χ4v) is 4.85. The second-order valence-electron chi connectivity index (χ2n) is 9.57. The molecule has 3 aromatic carbocycles. The molecule has 1 atom stereocenters. The number of aryl methyl sites for hydroxylation is 2. The SMILES string of the molecule is CCOc1ccc(/C(O)=C2/C(=O)C(=O)N(c3ccc(C)cc3C)C2c2ccc(OC)cc2)cc1C(C)C. The molecule has 1 heterocycles. The third kappa shape index (κ3) is 4.84. The van der Waals surface area contributed by atoms with Crippen molar-refractivity contribution in [3.05, 3.63) is 94.1 Å². The summed E-state index contributed by atoms with van der Waals surface area (Å²) in [7, 11) is 1.58. The molecular formula is C31H33NO5. The number of hydrogen-bond acceptors (Lipinski definition) is 5. The van der Waals surface area contributed by atoms with Gasteiger partial charge >= 0.3 is 0 Å². The Morgan fingerprint density at radius 2 is 1.70 bits per heavy atom. The minimum atomic E-state index is -0.804. The van der Waals surface area contributed by atoms with Crippen molar-refractivity contribution >= 4 is 23.1 Å². The van der Waals surface area contributed by atoms with Gasteiger partial charge in [-0.2, -0.15) is 0 Å². The molecule has 37 heavy (non-hydrogen) atoms. The average molecular weight is 500 g/mol. The molecule has 1 fully saturated rings. The van der Waals surface area contributed by atoms with Crippen LogP contribution in [0.5, 0.6) is 11.5 Å². The van der Waals surface area contributed by atoms with E-state index in [1.807, 2.05) is 71.0 Å². The summed E-state index contributed by atoms with van der Waals surface area (Å²) in [5.74, 6) is -0.0971. The van der Waals surface area contributed by atoms with Crippen LogP contribution in [-0.2, 0) is 9.59 Å². The molecule has 0 saturated carbocycles. The zero-order valence-corrected chi connectivity index (χ0v) is 22.2. The lowest BCUT2D eigenvalue weighted by molar-refractivity contribution is -0.132. The lowest BCUT2D eigenvalue weighted by Crippen LogP contribution is -2.30. The summed E-state index contributed by atoms with van der Waals surface area (Å²) in [6.07, 6.45) is 0. The van der Waals surface area contributed by atoms with Crippen molar-refractivity contribution in [2.45, 2.75) is 46.6 Å². The highest BCUT2D eigenvalue weighted by atomic mass is 16.5. The standard InChI is InChI=1S/C31H33NO5/c1-7-37-26-15-11-22(17-24(26)18(2)3)29(33)27-28(21-9-12-23(36-6)13-10-21)32(31(35)30(27)34)25-14-8-19(4)16-20(25)5/h8-18,28,33H,7H2,1-6H3/b29-27-. The van der Waals surface area contributed by atoms with Gasteiger partial charge in [-0.15, -0.1) is 0 Å². The van der Waals surface area contributed by atoms with Crippen LogP contribution >= 0.6 is 0 Å². The zero-order valence-electron chi connectivity index (χ0n) is 22.2. The summed E-state index contributed by atoms with van der Waals surface area (Å²) < 4.78 is 11.1. The van der Waals surface area contributed by atoms with E-state index in [1.165, 1.54) is 4.90 Å². The number of methoxy groups -OCH3 is 1. The zero-order chi connectivity index (χ0) is 26.9. The monoisotopic (exact) mass is 499 g/mol. The smallest absolute Gasteiger partial charge is 0.300 e. The summed E-state index contributed by atoms with van der Waals surface area (Å²) in [4.78, 5) is 28.5. The Kier molecular flexibility index (Phi) is 7.39. The minimum absolute atomic E-state index is 0.0500. The molecule has 0 bridgehead atoms. The second kappa shape index (κ2) is 10.5. The predicted molar refractivity (Wildman–Crippen MR) is 145 cm³/mol. The highest BCUT2D eigenvalue weighted by molar-refractivity contribution is 6.51. The van der Waals surface area contributed by atoms with Crippen LogP contribution in [0.1, 0.15) is 60.5 Å². The van der Waals surface area contributed by atoms with Crippen LogP contribution in [0.4, 0.5) is 5.69 Å². The number of carbonyl (C=O) groups excluding carboxylic acids is 2. The largest absolute Gasteiger partial charge is 0.507 e. The number of ether oxygens (including phenoxy) is 2. The van der Waals surface area contributed by atoms with Crippen molar-refractivity contribution < 1.29 is 24.2 Å². The number of amides is 1. The lowest BCUT2D eigenvalue weighted by Gasteiger charge is -2.27. The quantitative estimate of drug-likeness (QED) is 0.229. The van der Waals surface area contributed by atoms with Gasteiger partial charge in [0.05, 0.1) is 25.3 Å². The first-order valence-corrected chi connectivity index (χ1v) is 12.5. The molecule has 0 aromatic heterocycles. The number of hydrogen-bond donors (Lipinski definition) is 1. The van der Waals surface area contributed by atoms with Gasteiger partial charge in [-0.05, 0) is 79.8 Å². The van der Waals surface area contributed by atoms with E-state index in [0.717, 1.165) is 22.4 Å².